The normalized spacial score (nSPS) is 13.7. The van der Waals surface area contributed by atoms with Gasteiger partial charge in [-0.1, -0.05) is 20.8 Å². The van der Waals surface area contributed by atoms with Gasteiger partial charge in [-0.15, -0.1) is 0 Å². The number of nitrogens with one attached hydrogen (secondary N) is 1. The Morgan fingerprint density at radius 1 is 1.19 bits per heavy atom. The molecule has 0 amide bonds. The van der Waals surface area contributed by atoms with E-state index >= 15 is 0 Å². The first kappa shape index (κ1) is 12.8. The molecule has 0 aromatic heterocycles. The summed E-state index contributed by atoms with van der Waals surface area (Å²) in [7, 11) is 0. The molecule has 16 heavy (non-hydrogen) atoms. The zero-order valence-corrected chi connectivity index (χ0v) is 10.3. The molecule has 0 fully saturated rings. The summed E-state index contributed by atoms with van der Waals surface area (Å²) in [5.41, 5.74) is 3.06. The molecule has 1 aromatic carbocycles. The molecule has 0 unspecified atom stereocenters. The molecule has 1 aliphatic rings. The van der Waals surface area contributed by atoms with Gasteiger partial charge in [0.2, 0.25) is 0 Å². The van der Waals surface area contributed by atoms with E-state index in [9.17, 15) is 10.2 Å². The van der Waals surface area contributed by atoms with E-state index in [1.165, 1.54) is 6.07 Å². The molecule has 3 heteroatoms. The lowest BCUT2D eigenvalue weighted by Crippen LogP contribution is -2.24. The van der Waals surface area contributed by atoms with Crippen molar-refractivity contribution in [3.63, 3.8) is 0 Å². The van der Waals surface area contributed by atoms with Crippen molar-refractivity contribution in [1.82, 2.24) is 5.32 Å². The Kier molecular flexibility index (Phi) is 4.62. The number of hydrogen-bond acceptors (Lipinski definition) is 3. The van der Waals surface area contributed by atoms with Crippen LogP contribution in [0.3, 0.4) is 0 Å². The van der Waals surface area contributed by atoms with Gasteiger partial charge in [0.25, 0.3) is 0 Å². The van der Waals surface area contributed by atoms with E-state index < -0.39 is 0 Å². The molecule has 2 rings (SSSR count). The molecule has 0 saturated heterocycles. The lowest BCUT2D eigenvalue weighted by molar-refractivity contribution is 0.434. The topological polar surface area (TPSA) is 52.5 Å². The second kappa shape index (κ2) is 5.75. The maximum absolute atomic E-state index is 9.67. The van der Waals surface area contributed by atoms with Crippen molar-refractivity contribution in [2.24, 2.45) is 0 Å². The predicted octanol–water partition coefficient (Wildman–Crippen LogP) is 2.33. The highest BCUT2D eigenvalue weighted by Gasteiger charge is 2.18. The summed E-state index contributed by atoms with van der Waals surface area (Å²) in [5.74, 6) is 0.438. The Hall–Kier alpha value is -1.22. The Labute approximate surface area is 97.1 Å². The molecule has 1 aromatic rings. The summed E-state index contributed by atoms with van der Waals surface area (Å²) >= 11 is 0. The highest BCUT2D eigenvalue weighted by molar-refractivity contribution is 5.52. The van der Waals surface area contributed by atoms with Gasteiger partial charge in [-0.3, -0.25) is 0 Å². The van der Waals surface area contributed by atoms with Crippen molar-refractivity contribution in [3.05, 3.63) is 22.8 Å². The average Bonchev–Trinajstić information content (AvgIpc) is 2.32. The molecule has 90 valence electrons. The summed E-state index contributed by atoms with van der Waals surface area (Å²) in [6, 6.07) is 1.45. The van der Waals surface area contributed by atoms with Crippen LogP contribution in [0.4, 0.5) is 0 Å². The van der Waals surface area contributed by atoms with E-state index in [0.717, 1.165) is 36.1 Å². The van der Waals surface area contributed by atoms with Crippen molar-refractivity contribution >= 4 is 0 Å². The minimum atomic E-state index is 0.210. The van der Waals surface area contributed by atoms with Crippen LogP contribution in [0.2, 0.25) is 0 Å². The number of fused-ring (bicyclic) bond motifs is 1. The number of benzene rings is 1. The number of phenols is 2. The van der Waals surface area contributed by atoms with Gasteiger partial charge in [0, 0.05) is 18.2 Å². The van der Waals surface area contributed by atoms with Gasteiger partial charge < -0.3 is 15.5 Å². The van der Waals surface area contributed by atoms with Crippen molar-refractivity contribution in [2.45, 2.75) is 40.2 Å². The highest BCUT2D eigenvalue weighted by Crippen LogP contribution is 2.34. The zero-order chi connectivity index (χ0) is 12.1. The van der Waals surface area contributed by atoms with Crippen molar-refractivity contribution in [1.29, 1.82) is 0 Å². The van der Waals surface area contributed by atoms with Gasteiger partial charge in [0.15, 0.2) is 0 Å². The van der Waals surface area contributed by atoms with E-state index in [1.807, 2.05) is 20.8 Å². The number of phenolic OH excluding ortho intramolecular Hbond substituents is 2. The monoisotopic (exact) mass is 223 g/mol. The molecule has 0 spiro atoms. The second-order valence-electron chi connectivity index (χ2n) is 3.63. The van der Waals surface area contributed by atoms with Crippen LogP contribution in [0.1, 0.15) is 37.5 Å². The summed E-state index contributed by atoms with van der Waals surface area (Å²) in [6.45, 7) is 7.64. The lowest BCUT2D eigenvalue weighted by atomic mass is 9.92. The van der Waals surface area contributed by atoms with Gasteiger partial charge in [-0.25, -0.2) is 0 Å². The van der Waals surface area contributed by atoms with E-state index in [-0.39, 0.29) is 11.5 Å². The van der Waals surface area contributed by atoms with Crippen LogP contribution in [0.15, 0.2) is 6.07 Å². The second-order valence-corrected chi connectivity index (χ2v) is 3.63. The van der Waals surface area contributed by atoms with Crippen molar-refractivity contribution in [3.8, 4) is 11.5 Å². The number of rotatable bonds is 1. The van der Waals surface area contributed by atoms with E-state index in [2.05, 4.69) is 5.32 Å². The molecule has 0 atom stereocenters. The van der Waals surface area contributed by atoms with Gasteiger partial charge in [-0.2, -0.15) is 0 Å². The molecule has 0 radical (unpaired) electrons. The maximum Gasteiger partial charge on any atom is 0.124 e. The largest absolute Gasteiger partial charge is 0.508 e. The Balaban J connectivity index is 0.000000606. The lowest BCUT2D eigenvalue weighted by Gasteiger charge is -2.21. The SMILES string of the molecule is CC.CCc1c(O)cc(O)c2c1CCNC2. The first-order valence-corrected chi connectivity index (χ1v) is 6.00. The van der Waals surface area contributed by atoms with Crippen LogP contribution in [-0.4, -0.2) is 16.8 Å². The van der Waals surface area contributed by atoms with Crippen LogP contribution < -0.4 is 5.32 Å². The maximum atomic E-state index is 9.67. The van der Waals surface area contributed by atoms with Crippen LogP contribution in [0, 0.1) is 0 Å². The first-order chi connectivity index (χ1) is 7.74. The molecule has 1 heterocycles. The van der Waals surface area contributed by atoms with Crippen molar-refractivity contribution in [2.75, 3.05) is 6.54 Å². The van der Waals surface area contributed by atoms with E-state index in [0.29, 0.717) is 6.54 Å². The number of aromatic hydroxyl groups is 2. The molecule has 1 aliphatic heterocycles. The highest BCUT2D eigenvalue weighted by atomic mass is 16.3. The fourth-order valence-corrected chi connectivity index (χ4v) is 2.12. The average molecular weight is 223 g/mol. The molecule has 0 aliphatic carbocycles. The quantitative estimate of drug-likeness (QED) is 0.685. The fraction of sp³-hybridized carbons (Fsp3) is 0.538. The third kappa shape index (κ3) is 2.30. The first-order valence-electron chi connectivity index (χ1n) is 6.00. The molecule has 3 N–H and O–H groups in total. The summed E-state index contributed by atoms with van der Waals surface area (Å²) < 4.78 is 0. The van der Waals surface area contributed by atoms with Gasteiger partial charge in [0.05, 0.1) is 0 Å². The smallest absolute Gasteiger partial charge is 0.124 e. The Morgan fingerprint density at radius 2 is 1.88 bits per heavy atom. The predicted molar refractivity (Wildman–Crippen MR) is 65.9 cm³/mol. The summed E-state index contributed by atoms with van der Waals surface area (Å²) in [4.78, 5) is 0. The zero-order valence-electron chi connectivity index (χ0n) is 10.3. The van der Waals surface area contributed by atoms with Crippen molar-refractivity contribution < 1.29 is 10.2 Å². The van der Waals surface area contributed by atoms with E-state index in [1.54, 1.807) is 0 Å². The number of hydrogen-bond donors (Lipinski definition) is 3. The van der Waals surface area contributed by atoms with Gasteiger partial charge >= 0.3 is 0 Å². The fourth-order valence-electron chi connectivity index (χ4n) is 2.12. The van der Waals surface area contributed by atoms with Crippen LogP contribution in [-0.2, 0) is 19.4 Å². The molecule has 0 bridgehead atoms. The van der Waals surface area contributed by atoms with E-state index in [4.69, 9.17) is 0 Å². The molecular formula is C13H21NO2. The minimum absolute atomic E-state index is 0.210. The van der Waals surface area contributed by atoms with Crippen LogP contribution >= 0.6 is 0 Å². The minimum Gasteiger partial charge on any atom is -0.508 e. The van der Waals surface area contributed by atoms with Crippen LogP contribution in [0.5, 0.6) is 11.5 Å². The standard InChI is InChI=1S/C11H15NO2.C2H6/c1-2-7-8-3-4-12-6-9(8)11(14)5-10(7)13;1-2/h5,12-14H,2-4,6H2,1H3;1-2H3. The van der Waals surface area contributed by atoms with Gasteiger partial charge in [-0.05, 0) is 30.5 Å². The third-order valence-corrected chi connectivity index (χ3v) is 2.83. The summed E-state index contributed by atoms with van der Waals surface area (Å²) in [5, 5.41) is 22.5. The Bertz CT molecular complexity index is 341. The molecule has 0 saturated carbocycles. The Morgan fingerprint density at radius 3 is 2.50 bits per heavy atom. The molecular weight excluding hydrogens is 202 g/mol. The summed E-state index contributed by atoms with van der Waals surface area (Å²) in [6.07, 6.45) is 1.70. The van der Waals surface area contributed by atoms with Gasteiger partial charge in [0.1, 0.15) is 11.5 Å². The van der Waals surface area contributed by atoms with Crippen LogP contribution in [0.25, 0.3) is 0 Å². The molecule has 3 nitrogen and oxygen atoms in total. The third-order valence-electron chi connectivity index (χ3n) is 2.83.